The standard InChI is InChI=1S/C27H32FN5O5S/c1-18-4-3-5-24(10-18)39(36,37)33-9-8-29-26(16-33)27(35)25(32-19(2)34)13-21-11-22(28)14-23(12-21)38-17-20-6-7-30-31-15-20/h3-7,10-12,14-15,25-27,29,35H,8-9,13,16-17H2,1-2H3,(H,32,34)/t25-,26+,27-/m0/s1. The van der Waals surface area contributed by atoms with Gasteiger partial charge < -0.3 is 20.5 Å². The van der Waals surface area contributed by atoms with E-state index in [9.17, 15) is 22.7 Å². The molecule has 39 heavy (non-hydrogen) atoms. The fourth-order valence-corrected chi connectivity index (χ4v) is 6.14. The molecule has 2 heterocycles. The maximum Gasteiger partial charge on any atom is 0.243 e. The summed E-state index contributed by atoms with van der Waals surface area (Å²) in [5.41, 5.74) is 2.08. The molecule has 0 spiro atoms. The largest absolute Gasteiger partial charge is 0.489 e. The number of aliphatic hydroxyl groups excluding tert-OH is 1. The molecule has 0 saturated carbocycles. The van der Waals surface area contributed by atoms with Crippen molar-refractivity contribution in [2.75, 3.05) is 19.6 Å². The molecular weight excluding hydrogens is 525 g/mol. The van der Waals surface area contributed by atoms with Crippen LogP contribution in [0.25, 0.3) is 0 Å². The highest BCUT2D eigenvalue weighted by Crippen LogP contribution is 2.22. The number of ether oxygens (including phenoxy) is 1. The first kappa shape index (κ1) is 28.6. The SMILES string of the molecule is CC(=O)N[C@@H](Cc1cc(F)cc(OCc2ccnnc2)c1)[C@H](O)[C@H]1CN(S(=O)(=O)c2cccc(C)c2)CCN1. The van der Waals surface area contributed by atoms with Crippen LogP contribution in [0.2, 0.25) is 0 Å². The summed E-state index contributed by atoms with van der Waals surface area (Å²) in [6, 6.07) is 11.1. The number of hydrogen-bond acceptors (Lipinski definition) is 8. The predicted molar refractivity (Wildman–Crippen MR) is 142 cm³/mol. The zero-order chi connectivity index (χ0) is 28.0. The second-order valence-corrected chi connectivity index (χ2v) is 11.5. The molecule has 12 heteroatoms. The number of nitrogens with zero attached hydrogens (tertiary/aromatic N) is 3. The number of halogens is 1. The lowest BCUT2D eigenvalue weighted by molar-refractivity contribution is -0.120. The maximum absolute atomic E-state index is 14.5. The highest BCUT2D eigenvalue weighted by molar-refractivity contribution is 7.89. The van der Waals surface area contributed by atoms with Crippen LogP contribution < -0.4 is 15.4 Å². The molecule has 0 unspecified atom stereocenters. The number of carbonyl (C=O) groups is 1. The molecule has 3 aromatic rings. The zero-order valence-electron chi connectivity index (χ0n) is 21.7. The number of amides is 1. The molecule has 0 aliphatic carbocycles. The number of sulfonamides is 1. The first-order valence-electron chi connectivity index (χ1n) is 12.5. The maximum atomic E-state index is 14.5. The Hall–Kier alpha value is -3.45. The van der Waals surface area contributed by atoms with Crippen LogP contribution >= 0.6 is 0 Å². The van der Waals surface area contributed by atoms with Crippen LogP contribution in [0.5, 0.6) is 5.75 Å². The molecule has 1 aliphatic heterocycles. The van der Waals surface area contributed by atoms with Gasteiger partial charge in [0.25, 0.3) is 0 Å². The lowest BCUT2D eigenvalue weighted by Gasteiger charge is -2.38. The molecule has 0 radical (unpaired) electrons. The van der Waals surface area contributed by atoms with E-state index >= 15 is 0 Å². The fourth-order valence-electron chi connectivity index (χ4n) is 4.57. The molecule has 0 bridgehead atoms. The number of rotatable bonds is 10. The van der Waals surface area contributed by atoms with Crippen molar-refractivity contribution in [3.05, 3.63) is 83.4 Å². The minimum Gasteiger partial charge on any atom is -0.489 e. The Bertz CT molecular complexity index is 1390. The van der Waals surface area contributed by atoms with Crippen molar-refractivity contribution in [1.29, 1.82) is 0 Å². The summed E-state index contributed by atoms with van der Waals surface area (Å²) in [6.07, 6.45) is 2.00. The van der Waals surface area contributed by atoms with Crippen molar-refractivity contribution >= 4 is 15.9 Å². The third kappa shape index (κ3) is 7.57. The zero-order valence-corrected chi connectivity index (χ0v) is 22.6. The van der Waals surface area contributed by atoms with Crippen molar-refractivity contribution in [2.24, 2.45) is 0 Å². The van der Waals surface area contributed by atoms with Gasteiger partial charge in [0.15, 0.2) is 0 Å². The Kier molecular flexibility index (Phi) is 9.23. The first-order chi connectivity index (χ1) is 18.6. The van der Waals surface area contributed by atoms with Crippen LogP contribution in [0.15, 0.2) is 65.8 Å². The number of aryl methyl sites for hydroxylation is 1. The molecule has 1 amide bonds. The van der Waals surface area contributed by atoms with Crippen molar-refractivity contribution in [3.63, 3.8) is 0 Å². The molecule has 3 atom stereocenters. The topological polar surface area (TPSA) is 134 Å². The summed E-state index contributed by atoms with van der Waals surface area (Å²) in [7, 11) is -3.78. The second-order valence-electron chi connectivity index (χ2n) is 9.58. The molecule has 1 aliphatic rings. The lowest BCUT2D eigenvalue weighted by atomic mass is 9.95. The van der Waals surface area contributed by atoms with E-state index in [0.717, 1.165) is 11.1 Å². The van der Waals surface area contributed by atoms with Gasteiger partial charge >= 0.3 is 0 Å². The van der Waals surface area contributed by atoms with E-state index in [1.165, 1.54) is 29.6 Å². The predicted octanol–water partition coefficient (Wildman–Crippen LogP) is 1.57. The van der Waals surface area contributed by atoms with Gasteiger partial charge in [-0.15, -0.1) is 0 Å². The van der Waals surface area contributed by atoms with Gasteiger partial charge in [-0.2, -0.15) is 14.5 Å². The second kappa shape index (κ2) is 12.6. The van der Waals surface area contributed by atoms with Crippen LogP contribution in [-0.2, 0) is 27.8 Å². The molecule has 1 fully saturated rings. The summed E-state index contributed by atoms with van der Waals surface area (Å²) in [6.45, 7) is 3.87. The molecule has 1 aromatic heterocycles. The molecule has 2 aromatic carbocycles. The van der Waals surface area contributed by atoms with Gasteiger partial charge in [0.1, 0.15) is 18.2 Å². The normalized spacial score (nSPS) is 17.8. The van der Waals surface area contributed by atoms with Gasteiger partial charge in [0.05, 0.1) is 23.2 Å². The number of hydrogen-bond donors (Lipinski definition) is 3. The van der Waals surface area contributed by atoms with Crippen molar-refractivity contribution in [2.45, 2.75) is 50.0 Å². The lowest BCUT2D eigenvalue weighted by Crippen LogP contribution is -2.61. The molecule has 4 rings (SSSR count). The number of nitrogens with one attached hydrogen (secondary N) is 2. The number of aromatic nitrogens is 2. The van der Waals surface area contributed by atoms with E-state index in [1.807, 2.05) is 13.0 Å². The minimum atomic E-state index is -3.78. The fraction of sp³-hybridized carbons (Fsp3) is 0.370. The summed E-state index contributed by atoms with van der Waals surface area (Å²) in [4.78, 5) is 12.2. The highest BCUT2D eigenvalue weighted by atomic mass is 32.2. The number of benzene rings is 2. The van der Waals surface area contributed by atoms with Gasteiger partial charge in [0, 0.05) is 50.4 Å². The Morgan fingerprint density at radius 3 is 2.77 bits per heavy atom. The number of piperazine rings is 1. The van der Waals surface area contributed by atoms with E-state index in [0.29, 0.717) is 12.1 Å². The Morgan fingerprint density at radius 1 is 1.23 bits per heavy atom. The van der Waals surface area contributed by atoms with Gasteiger partial charge in [-0.3, -0.25) is 4.79 Å². The average molecular weight is 558 g/mol. The smallest absolute Gasteiger partial charge is 0.243 e. The van der Waals surface area contributed by atoms with Crippen molar-refractivity contribution < 1.29 is 27.4 Å². The third-order valence-electron chi connectivity index (χ3n) is 6.45. The quantitative estimate of drug-likeness (QED) is 0.342. The van der Waals surface area contributed by atoms with Crippen LogP contribution in [0.1, 0.15) is 23.6 Å². The highest BCUT2D eigenvalue weighted by Gasteiger charge is 2.36. The molecule has 3 N–H and O–H groups in total. The van der Waals surface area contributed by atoms with E-state index in [4.69, 9.17) is 4.74 Å². The van der Waals surface area contributed by atoms with Crippen LogP contribution in [-0.4, -0.2) is 71.8 Å². The van der Waals surface area contributed by atoms with Gasteiger partial charge in [-0.05, 0) is 54.8 Å². The average Bonchev–Trinajstić information content (AvgIpc) is 2.91. The summed E-state index contributed by atoms with van der Waals surface area (Å²) >= 11 is 0. The summed E-state index contributed by atoms with van der Waals surface area (Å²) in [5, 5.41) is 24.7. The monoisotopic (exact) mass is 557 g/mol. The van der Waals surface area contributed by atoms with Gasteiger partial charge in [-0.25, -0.2) is 12.8 Å². The van der Waals surface area contributed by atoms with E-state index in [-0.39, 0.29) is 42.7 Å². The molecule has 1 saturated heterocycles. The van der Waals surface area contributed by atoms with E-state index < -0.39 is 34.0 Å². The van der Waals surface area contributed by atoms with Crippen molar-refractivity contribution in [3.8, 4) is 5.75 Å². The van der Waals surface area contributed by atoms with Crippen LogP contribution in [0.3, 0.4) is 0 Å². The molecule has 208 valence electrons. The molecule has 10 nitrogen and oxygen atoms in total. The summed E-state index contributed by atoms with van der Waals surface area (Å²) < 4.78 is 48.0. The number of aliphatic hydroxyl groups is 1. The van der Waals surface area contributed by atoms with Crippen LogP contribution in [0, 0.1) is 12.7 Å². The van der Waals surface area contributed by atoms with E-state index in [1.54, 1.807) is 36.5 Å². The summed E-state index contributed by atoms with van der Waals surface area (Å²) in [5.74, 6) is -0.626. The molecular formula is C27H32FN5O5S. The van der Waals surface area contributed by atoms with E-state index in [2.05, 4.69) is 20.8 Å². The Labute approximate surface area is 227 Å². The minimum absolute atomic E-state index is 0.00497. The third-order valence-corrected chi connectivity index (χ3v) is 8.31. The Morgan fingerprint density at radius 2 is 2.05 bits per heavy atom. The first-order valence-corrected chi connectivity index (χ1v) is 14.0. The number of carbonyl (C=O) groups excluding carboxylic acids is 1. The van der Waals surface area contributed by atoms with Crippen LogP contribution in [0.4, 0.5) is 4.39 Å². The van der Waals surface area contributed by atoms with Crippen molar-refractivity contribution in [1.82, 2.24) is 25.1 Å². The van der Waals surface area contributed by atoms with Gasteiger partial charge in [-0.1, -0.05) is 12.1 Å². The Balaban J connectivity index is 1.49. The van der Waals surface area contributed by atoms with Gasteiger partial charge in [0.2, 0.25) is 15.9 Å².